The van der Waals surface area contributed by atoms with E-state index in [0.29, 0.717) is 42.7 Å². The fraction of sp³-hybridized carbons (Fsp3) is 0.222. The van der Waals surface area contributed by atoms with Crippen molar-refractivity contribution >= 4 is 40.0 Å². The zero-order chi connectivity index (χ0) is 26.2. The third-order valence-electron chi connectivity index (χ3n) is 6.28. The van der Waals surface area contributed by atoms with Crippen molar-refractivity contribution in [2.45, 2.75) is 13.1 Å². The number of benzene rings is 3. The number of aryl methyl sites for hydroxylation is 1. The molecule has 4 aromatic rings. The van der Waals surface area contributed by atoms with Gasteiger partial charge in [-0.25, -0.2) is 14.8 Å². The maximum absolute atomic E-state index is 12.8. The number of fused-ring (bicyclic) bond motifs is 1. The molecule has 2 heterocycles. The number of piperazine rings is 1. The van der Waals surface area contributed by atoms with Crippen LogP contribution in [-0.2, 0) is 6.18 Å². The Labute approximate surface area is 216 Å². The van der Waals surface area contributed by atoms with Crippen LogP contribution < -0.4 is 10.2 Å². The van der Waals surface area contributed by atoms with Crippen molar-refractivity contribution in [1.82, 2.24) is 14.9 Å². The number of aromatic nitrogens is 2. The van der Waals surface area contributed by atoms with Crippen molar-refractivity contribution in [3.05, 3.63) is 82.9 Å². The van der Waals surface area contributed by atoms with Gasteiger partial charge in [-0.1, -0.05) is 41.4 Å². The van der Waals surface area contributed by atoms with Gasteiger partial charge in [-0.3, -0.25) is 0 Å². The van der Waals surface area contributed by atoms with E-state index < -0.39 is 11.7 Å². The van der Waals surface area contributed by atoms with Gasteiger partial charge in [-0.2, -0.15) is 13.2 Å². The van der Waals surface area contributed by atoms with Crippen LogP contribution in [0, 0.1) is 6.92 Å². The molecule has 0 radical (unpaired) electrons. The molecule has 190 valence electrons. The first-order valence-corrected chi connectivity index (χ1v) is 12.1. The molecule has 1 aliphatic rings. The number of alkyl halides is 3. The maximum atomic E-state index is 12.8. The highest BCUT2D eigenvalue weighted by Crippen LogP contribution is 2.31. The minimum atomic E-state index is -4.42. The Bertz CT molecular complexity index is 1430. The zero-order valence-corrected chi connectivity index (χ0v) is 20.6. The molecule has 0 aliphatic carbocycles. The van der Waals surface area contributed by atoms with Crippen LogP contribution in [0.3, 0.4) is 0 Å². The second kappa shape index (κ2) is 9.89. The molecule has 37 heavy (non-hydrogen) atoms. The van der Waals surface area contributed by atoms with E-state index in [9.17, 15) is 18.0 Å². The monoisotopic (exact) mass is 525 g/mol. The molecule has 0 saturated carbocycles. The molecular weight excluding hydrogens is 503 g/mol. The molecule has 1 aliphatic heterocycles. The number of amides is 2. The summed E-state index contributed by atoms with van der Waals surface area (Å²) in [6, 6.07) is 17.5. The summed E-state index contributed by atoms with van der Waals surface area (Å²) < 4.78 is 38.4. The van der Waals surface area contributed by atoms with Crippen LogP contribution in [0.25, 0.3) is 22.3 Å². The Morgan fingerprint density at radius 1 is 0.919 bits per heavy atom. The lowest BCUT2D eigenvalue weighted by atomic mass is 10.1. The first kappa shape index (κ1) is 24.8. The second-order valence-electron chi connectivity index (χ2n) is 8.88. The summed E-state index contributed by atoms with van der Waals surface area (Å²) in [7, 11) is 0. The van der Waals surface area contributed by atoms with E-state index in [0.717, 1.165) is 40.0 Å². The summed E-state index contributed by atoms with van der Waals surface area (Å²) in [4.78, 5) is 26.1. The molecule has 1 saturated heterocycles. The number of hydrogen-bond acceptors (Lipinski definition) is 4. The number of rotatable bonds is 3. The van der Waals surface area contributed by atoms with Gasteiger partial charge < -0.3 is 15.1 Å². The number of halogens is 4. The van der Waals surface area contributed by atoms with Gasteiger partial charge >= 0.3 is 12.2 Å². The van der Waals surface area contributed by atoms with Crippen LogP contribution in [-0.4, -0.2) is 47.1 Å². The van der Waals surface area contributed by atoms with Crippen LogP contribution in [0.2, 0.25) is 5.02 Å². The van der Waals surface area contributed by atoms with E-state index in [1.54, 1.807) is 11.0 Å². The molecule has 3 aromatic carbocycles. The van der Waals surface area contributed by atoms with E-state index in [4.69, 9.17) is 21.6 Å². The summed E-state index contributed by atoms with van der Waals surface area (Å²) in [6.45, 7) is 3.92. The molecule has 1 N–H and O–H groups in total. The third kappa shape index (κ3) is 5.46. The Morgan fingerprint density at radius 2 is 1.59 bits per heavy atom. The Kier molecular flexibility index (Phi) is 6.64. The van der Waals surface area contributed by atoms with E-state index in [1.165, 1.54) is 12.1 Å². The lowest BCUT2D eigenvalue weighted by Crippen LogP contribution is -2.50. The highest BCUT2D eigenvalue weighted by Gasteiger charge is 2.30. The quantitative estimate of drug-likeness (QED) is 0.326. The number of carbonyl (C=O) groups is 1. The van der Waals surface area contributed by atoms with Crippen LogP contribution in [0.4, 0.5) is 29.5 Å². The van der Waals surface area contributed by atoms with Gasteiger partial charge in [0.15, 0.2) is 5.82 Å². The van der Waals surface area contributed by atoms with Crippen molar-refractivity contribution < 1.29 is 18.0 Å². The molecule has 0 bridgehead atoms. The summed E-state index contributed by atoms with van der Waals surface area (Å²) in [6.07, 6.45) is -4.42. The van der Waals surface area contributed by atoms with Gasteiger partial charge in [-0.05, 0) is 49.4 Å². The number of nitrogens with zero attached hydrogens (tertiary/aromatic N) is 4. The molecule has 10 heteroatoms. The van der Waals surface area contributed by atoms with Crippen LogP contribution in [0.5, 0.6) is 0 Å². The molecule has 2 amide bonds. The third-order valence-corrected chi connectivity index (χ3v) is 6.51. The topological polar surface area (TPSA) is 61.4 Å². The van der Waals surface area contributed by atoms with Gasteiger partial charge in [0.05, 0.1) is 11.1 Å². The van der Waals surface area contributed by atoms with Gasteiger partial charge in [0.1, 0.15) is 5.82 Å². The van der Waals surface area contributed by atoms with Gasteiger partial charge in [0.25, 0.3) is 0 Å². The maximum Gasteiger partial charge on any atom is 0.416 e. The number of nitrogens with one attached hydrogen (secondary N) is 1. The summed E-state index contributed by atoms with van der Waals surface area (Å²) in [5, 5.41) is 4.12. The lowest BCUT2D eigenvalue weighted by molar-refractivity contribution is -0.137. The summed E-state index contributed by atoms with van der Waals surface area (Å²) >= 11 is 6.25. The largest absolute Gasteiger partial charge is 0.416 e. The van der Waals surface area contributed by atoms with Crippen LogP contribution in [0.15, 0.2) is 66.7 Å². The Hall–Kier alpha value is -3.85. The zero-order valence-electron chi connectivity index (χ0n) is 19.9. The van der Waals surface area contributed by atoms with Crippen LogP contribution in [0.1, 0.15) is 11.1 Å². The van der Waals surface area contributed by atoms with E-state index >= 15 is 0 Å². The second-order valence-corrected chi connectivity index (χ2v) is 9.31. The minimum Gasteiger partial charge on any atom is -0.352 e. The fourth-order valence-electron chi connectivity index (χ4n) is 4.23. The first-order chi connectivity index (χ1) is 17.7. The molecule has 1 fully saturated rings. The first-order valence-electron chi connectivity index (χ1n) is 11.7. The predicted octanol–water partition coefficient (Wildman–Crippen LogP) is 6.63. The molecule has 0 atom stereocenters. The Morgan fingerprint density at radius 3 is 2.24 bits per heavy atom. The minimum absolute atomic E-state index is 0.307. The van der Waals surface area contributed by atoms with Gasteiger partial charge in [0.2, 0.25) is 0 Å². The van der Waals surface area contributed by atoms with Gasteiger partial charge in [-0.15, -0.1) is 0 Å². The lowest BCUT2D eigenvalue weighted by Gasteiger charge is -2.36. The van der Waals surface area contributed by atoms with Gasteiger partial charge in [0, 0.05) is 47.8 Å². The molecule has 5 rings (SSSR count). The normalized spacial score (nSPS) is 14.2. The number of urea groups is 1. The van der Waals surface area contributed by atoms with Crippen molar-refractivity contribution in [3.8, 4) is 11.4 Å². The highest BCUT2D eigenvalue weighted by molar-refractivity contribution is 6.31. The smallest absolute Gasteiger partial charge is 0.352 e. The molecule has 0 spiro atoms. The number of hydrogen-bond donors (Lipinski definition) is 1. The van der Waals surface area contributed by atoms with E-state index in [1.807, 2.05) is 43.3 Å². The average Bonchev–Trinajstić information content (AvgIpc) is 2.88. The SMILES string of the molecule is Cc1ccc(-c2nc(N3CCN(C(=O)Nc4ccc(C(F)(F)F)cc4)CC3)c3ccc(Cl)cc3n2)cc1. The number of anilines is 2. The van der Waals surface area contributed by atoms with Crippen LogP contribution >= 0.6 is 11.6 Å². The molecule has 0 unspecified atom stereocenters. The summed E-state index contributed by atoms with van der Waals surface area (Å²) in [5.41, 5.74) is 2.31. The Balaban J connectivity index is 1.33. The molecule has 1 aromatic heterocycles. The van der Waals surface area contributed by atoms with Crippen molar-refractivity contribution in [3.63, 3.8) is 0 Å². The van der Waals surface area contributed by atoms with Crippen molar-refractivity contribution in [2.75, 3.05) is 36.4 Å². The average molecular weight is 526 g/mol. The molecule has 6 nitrogen and oxygen atoms in total. The highest BCUT2D eigenvalue weighted by atomic mass is 35.5. The summed E-state index contributed by atoms with van der Waals surface area (Å²) in [5.74, 6) is 1.35. The molecular formula is C27H23ClF3N5O. The van der Waals surface area contributed by atoms with Crippen molar-refractivity contribution in [2.24, 2.45) is 0 Å². The number of carbonyl (C=O) groups excluding carboxylic acids is 1. The van der Waals surface area contributed by atoms with E-state index in [-0.39, 0.29) is 6.03 Å². The fourth-order valence-corrected chi connectivity index (χ4v) is 4.39. The van der Waals surface area contributed by atoms with Crippen molar-refractivity contribution in [1.29, 1.82) is 0 Å². The predicted molar refractivity (Wildman–Crippen MR) is 139 cm³/mol. The standard InChI is InChI=1S/C27H23ClF3N5O/c1-17-2-4-18(5-3-17)24-33-23-16-20(28)8-11-22(23)25(34-24)35-12-14-36(15-13-35)26(37)32-21-9-6-19(7-10-21)27(29,30)31/h2-11,16H,12-15H2,1H3,(H,32,37). The van der Waals surface area contributed by atoms with E-state index in [2.05, 4.69) is 10.2 Å².